The lowest BCUT2D eigenvalue weighted by atomic mass is 10.3. The van der Waals surface area contributed by atoms with Crippen molar-refractivity contribution in [1.29, 1.82) is 0 Å². The molecule has 0 saturated heterocycles. The Hall–Kier alpha value is -0.870. The topological polar surface area (TPSA) is 25.8 Å². The van der Waals surface area contributed by atoms with Crippen molar-refractivity contribution < 1.29 is 0 Å². The number of rotatable bonds is 2. The van der Waals surface area contributed by atoms with Crippen molar-refractivity contribution in [1.82, 2.24) is 9.97 Å². The standard InChI is InChI=1S/C11H9BrN2S/c1-8-6-9(12)11(14-7-8)15-10-4-2-3-5-13-10/h2-7H,1H3. The molecule has 0 aliphatic carbocycles. The minimum absolute atomic E-state index is 0.944. The van der Waals surface area contributed by atoms with Gasteiger partial charge in [0.1, 0.15) is 10.1 Å². The molecule has 0 saturated carbocycles. The van der Waals surface area contributed by atoms with Crippen LogP contribution in [0.3, 0.4) is 0 Å². The summed E-state index contributed by atoms with van der Waals surface area (Å²) in [7, 11) is 0. The molecule has 0 aliphatic heterocycles. The first kappa shape index (κ1) is 10.6. The van der Waals surface area contributed by atoms with Gasteiger partial charge in [0.25, 0.3) is 0 Å². The number of halogens is 1. The zero-order valence-electron chi connectivity index (χ0n) is 8.14. The monoisotopic (exact) mass is 280 g/mol. The lowest BCUT2D eigenvalue weighted by Crippen LogP contribution is -1.85. The molecule has 0 N–H and O–H groups in total. The van der Waals surface area contributed by atoms with Gasteiger partial charge < -0.3 is 0 Å². The fraction of sp³-hybridized carbons (Fsp3) is 0.0909. The van der Waals surface area contributed by atoms with Crippen LogP contribution in [-0.2, 0) is 0 Å². The summed E-state index contributed by atoms with van der Waals surface area (Å²) in [5, 5.41) is 1.90. The molecule has 0 amide bonds. The van der Waals surface area contributed by atoms with Gasteiger partial charge in [0.05, 0.1) is 4.47 Å². The van der Waals surface area contributed by atoms with E-state index >= 15 is 0 Å². The van der Waals surface area contributed by atoms with E-state index in [1.807, 2.05) is 31.3 Å². The molecule has 0 aliphatic rings. The highest BCUT2D eigenvalue weighted by molar-refractivity contribution is 9.10. The minimum Gasteiger partial charge on any atom is -0.250 e. The largest absolute Gasteiger partial charge is 0.250 e. The lowest BCUT2D eigenvalue weighted by molar-refractivity contribution is 1.06. The zero-order chi connectivity index (χ0) is 10.7. The maximum Gasteiger partial charge on any atom is 0.116 e. The molecule has 0 bridgehead atoms. The highest BCUT2D eigenvalue weighted by Crippen LogP contribution is 2.30. The first-order valence-electron chi connectivity index (χ1n) is 4.47. The van der Waals surface area contributed by atoms with Crippen LogP contribution in [0.25, 0.3) is 0 Å². The Labute approximate surface area is 101 Å². The normalized spacial score (nSPS) is 10.3. The van der Waals surface area contributed by atoms with Gasteiger partial charge >= 0.3 is 0 Å². The maximum atomic E-state index is 4.35. The van der Waals surface area contributed by atoms with Crippen molar-refractivity contribution in [3.8, 4) is 0 Å². The Bertz CT molecular complexity index is 459. The van der Waals surface area contributed by atoms with E-state index in [1.165, 1.54) is 0 Å². The Balaban J connectivity index is 2.25. The number of hydrogen-bond donors (Lipinski definition) is 0. The molecule has 76 valence electrons. The van der Waals surface area contributed by atoms with Gasteiger partial charge in [0.2, 0.25) is 0 Å². The van der Waals surface area contributed by atoms with Crippen LogP contribution in [0.1, 0.15) is 5.56 Å². The van der Waals surface area contributed by atoms with E-state index in [9.17, 15) is 0 Å². The van der Waals surface area contributed by atoms with Gasteiger partial charge in [0, 0.05) is 12.4 Å². The smallest absolute Gasteiger partial charge is 0.116 e. The maximum absolute atomic E-state index is 4.35. The lowest BCUT2D eigenvalue weighted by Gasteiger charge is -2.02. The summed E-state index contributed by atoms with van der Waals surface area (Å²) in [5.41, 5.74) is 1.15. The Morgan fingerprint density at radius 3 is 2.80 bits per heavy atom. The molecule has 15 heavy (non-hydrogen) atoms. The van der Waals surface area contributed by atoms with Gasteiger partial charge in [-0.25, -0.2) is 9.97 Å². The second-order valence-electron chi connectivity index (χ2n) is 3.07. The van der Waals surface area contributed by atoms with Gasteiger partial charge in [-0.2, -0.15) is 0 Å². The molecule has 2 aromatic rings. The molecule has 2 heterocycles. The van der Waals surface area contributed by atoms with E-state index in [0.29, 0.717) is 0 Å². The average molecular weight is 281 g/mol. The predicted molar refractivity (Wildman–Crippen MR) is 65.0 cm³/mol. The molecule has 0 radical (unpaired) electrons. The molecule has 2 rings (SSSR count). The van der Waals surface area contributed by atoms with Crippen LogP contribution in [-0.4, -0.2) is 9.97 Å². The van der Waals surface area contributed by atoms with Crippen LogP contribution in [0.4, 0.5) is 0 Å². The molecular weight excluding hydrogens is 272 g/mol. The molecule has 2 aromatic heterocycles. The van der Waals surface area contributed by atoms with Crippen molar-refractivity contribution in [3.05, 3.63) is 46.7 Å². The highest BCUT2D eigenvalue weighted by atomic mass is 79.9. The van der Waals surface area contributed by atoms with Gasteiger partial charge in [-0.05, 0) is 58.4 Å². The van der Waals surface area contributed by atoms with E-state index in [-0.39, 0.29) is 0 Å². The molecule has 4 heteroatoms. The van der Waals surface area contributed by atoms with Crippen molar-refractivity contribution in [3.63, 3.8) is 0 Å². The van der Waals surface area contributed by atoms with E-state index < -0.39 is 0 Å². The minimum atomic E-state index is 0.944. The second kappa shape index (κ2) is 4.77. The van der Waals surface area contributed by atoms with Crippen molar-refractivity contribution >= 4 is 27.7 Å². The molecule has 0 spiro atoms. The van der Waals surface area contributed by atoms with Gasteiger partial charge in [0.15, 0.2) is 0 Å². The molecule has 0 atom stereocenters. The van der Waals surface area contributed by atoms with Gasteiger partial charge in [-0.1, -0.05) is 6.07 Å². The number of hydrogen-bond acceptors (Lipinski definition) is 3. The van der Waals surface area contributed by atoms with Crippen molar-refractivity contribution in [2.24, 2.45) is 0 Å². The van der Waals surface area contributed by atoms with Crippen molar-refractivity contribution in [2.45, 2.75) is 17.0 Å². The van der Waals surface area contributed by atoms with E-state index in [2.05, 4.69) is 32.0 Å². The summed E-state index contributed by atoms with van der Waals surface area (Å²) in [6.07, 6.45) is 3.64. The Kier molecular flexibility index (Phi) is 3.38. The average Bonchev–Trinajstić information content (AvgIpc) is 2.24. The first-order chi connectivity index (χ1) is 7.25. The Morgan fingerprint density at radius 1 is 1.27 bits per heavy atom. The fourth-order valence-electron chi connectivity index (χ4n) is 1.10. The molecular formula is C11H9BrN2S. The van der Waals surface area contributed by atoms with Crippen molar-refractivity contribution in [2.75, 3.05) is 0 Å². The third kappa shape index (κ3) is 2.79. The van der Waals surface area contributed by atoms with Crippen LogP contribution in [0.15, 0.2) is 51.2 Å². The molecule has 0 aromatic carbocycles. The number of aromatic nitrogens is 2. The summed E-state index contributed by atoms with van der Waals surface area (Å²) >= 11 is 5.05. The number of pyridine rings is 2. The second-order valence-corrected chi connectivity index (χ2v) is 4.93. The predicted octanol–water partition coefficient (Wildman–Crippen LogP) is 3.70. The zero-order valence-corrected chi connectivity index (χ0v) is 10.5. The highest BCUT2D eigenvalue weighted by Gasteiger charge is 2.04. The summed E-state index contributed by atoms with van der Waals surface area (Å²) in [6, 6.07) is 7.90. The number of aryl methyl sites for hydroxylation is 1. The van der Waals surface area contributed by atoms with E-state index in [4.69, 9.17) is 0 Å². The Morgan fingerprint density at radius 2 is 2.13 bits per heavy atom. The molecule has 2 nitrogen and oxygen atoms in total. The molecule has 0 fully saturated rings. The SMILES string of the molecule is Cc1cnc(Sc2ccccn2)c(Br)c1. The van der Waals surface area contributed by atoms with Crippen LogP contribution in [0.2, 0.25) is 0 Å². The number of nitrogens with zero attached hydrogens (tertiary/aromatic N) is 2. The summed E-state index contributed by atoms with van der Waals surface area (Å²) in [4.78, 5) is 8.59. The third-order valence-electron chi connectivity index (χ3n) is 1.78. The summed E-state index contributed by atoms with van der Waals surface area (Å²) < 4.78 is 1.01. The summed E-state index contributed by atoms with van der Waals surface area (Å²) in [5.74, 6) is 0. The fourth-order valence-corrected chi connectivity index (χ4v) is 2.53. The summed E-state index contributed by atoms with van der Waals surface area (Å²) in [6.45, 7) is 2.02. The van der Waals surface area contributed by atoms with Crippen LogP contribution in [0.5, 0.6) is 0 Å². The van der Waals surface area contributed by atoms with Gasteiger partial charge in [-0.15, -0.1) is 0 Å². The molecule has 0 unspecified atom stereocenters. The first-order valence-corrected chi connectivity index (χ1v) is 6.08. The third-order valence-corrected chi connectivity index (χ3v) is 3.62. The van der Waals surface area contributed by atoms with Gasteiger partial charge in [-0.3, -0.25) is 0 Å². The van der Waals surface area contributed by atoms with E-state index in [1.54, 1.807) is 18.0 Å². The van der Waals surface area contributed by atoms with Crippen LogP contribution < -0.4 is 0 Å². The van der Waals surface area contributed by atoms with Crippen LogP contribution >= 0.6 is 27.7 Å². The quantitative estimate of drug-likeness (QED) is 0.839. The van der Waals surface area contributed by atoms with E-state index in [0.717, 1.165) is 20.1 Å². The van der Waals surface area contributed by atoms with Crippen LogP contribution in [0, 0.1) is 6.92 Å².